The molecule has 2 aromatic rings. The maximum atomic E-state index is 6.12. The minimum absolute atomic E-state index is 0.523. The minimum atomic E-state index is 0.523. The van der Waals surface area contributed by atoms with Gasteiger partial charge in [-0.3, -0.25) is 4.90 Å². The van der Waals surface area contributed by atoms with Crippen LogP contribution in [0.25, 0.3) is 0 Å². The molecule has 1 saturated heterocycles. The summed E-state index contributed by atoms with van der Waals surface area (Å²) >= 11 is 12.1. The maximum absolute atomic E-state index is 6.12. The first kappa shape index (κ1) is 16.3. The molecule has 0 unspecified atom stereocenters. The van der Waals surface area contributed by atoms with Crippen LogP contribution in [0.2, 0.25) is 10.0 Å². The monoisotopic (exact) mass is 365 g/mol. The fourth-order valence-corrected chi connectivity index (χ4v) is 3.98. The molecule has 1 aromatic carbocycles. The average molecular weight is 366 g/mol. The Morgan fingerprint density at radius 1 is 1.08 bits per heavy atom. The van der Waals surface area contributed by atoms with Gasteiger partial charge in [0.25, 0.3) is 0 Å². The van der Waals surface area contributed by atoms with Crippen molar-refractivity contribution < 1.29 is 0 Å². The van der Waals surface area contributed by atoms with Crippen LogP contribution in [-0.4, -0.2) is 39.3 Å². The smallest absolute Gasteiger partial charge is 0.147 e. The molecular weight excluding hydrogens is 345 g/mol. The van der Waals surface area contributed by atoms with Crippen LogP contribution in [0.4, 0.5) is 0 Å². The second kappa shape index (κ2) is 7.00. The summed E-state index contributed by atoms with van der Waals surface area (Å²) in [5, 5.41) is 13.4. The summed E-state index contributed by atoms with van der Waals surface area (Å²) in [5.41, 5.74) is 1.22. The van der Waals surface area contributed by atoms with E-state index in [1.807, 2.05) is 12.1 Å². The molecule has 0 atom stereocenters. The topological polar surface area (TPSA) is 46.0 Å². The zero-order chi connectivity index (χ0) is 16.5. The Kier molecular flexibility index (Phi) is 4.77. The molecule has 7 heteroatoms. The normalized spacial score (nSPS) is 19.4. The van der Waals surface area contributed by atoms with Crippen molar-refractivity contribution in [1.82, 2.24) is 25.0 Å². The number of nitrogens with one attached hydrogen (secondary N) is 1. The van der Waals surface area contributed by atoms with E-state index in [1.54, 1.807) is 0 Å². The van der Waals surface area contributed by atoms with E-state index in [9.17, 15) is 0 Å². The first-order chi connectivity index (χ1) is 11.7. The molecule has 4 rings (SSSR count). The van der Waals surface area contributed by atoms with E-state index in [0.717, 1.165) is 57.9 Å². The standard InChI is InChI=1S/C17H21Cl2N5/c18-14-2-1-12(9-15(14)19)11-23-6-3-13(4-7-23)17-22-21-16-10-20-5-8-24(16)17/h1-2,9,13,20H,3-8,10-11H2. The SMILES string of the molecule is Clc1ccc(CN2CCC(c3nnc4n3CCNC4)CC2)cc1Cl. The van der Waals surface area contributed by atoms with Crippen LogP contribution in [-0.2, 0) is 19.6 Å². The lowest BCUT2D eigenvalue weighted by Gasteiger charge is -2.32. The van der Waals surface area contributed by atoms with Gasteiger partial charge in [0.2, 0.25) is 0 Å². The fraction of sp³-hybridized carbons (Fsp3) is 0.529. The highest BCUT2D eigenvalue weighted by Crippen LogP contribution is 2.29. The van der Waals surface area contributed by atoms with Crippen molar-refractivity contribution in [2.45, 2.75) is 38.4 Å². The fourth-order valence-electron chi connectivity index (χ4n) is 3.66. The molecule has 2 aliphatic rings. The van der Waals surface area contributed by atoms with Gasteiger partial charge in [-0.05, 0) is 43.6 Å². The molecule has 0 saturated carbocycles. The molecular formula is C17H21Cl2N5. The number of halogens is 2. The number of fused-ring (bicyclic) bond motifs is 1. The predicted molar refractivity (Wildman–Crippen MR) is 95.4 cm³/mol. The Morgan fingerprint density at radius 2 is 1.92 bits per heavy atom. The minimum Gasteiger partial charge on any atom is -0.312 e. The number of piperidine rings is 1. The van der Waals surface area contributed by atoms with Gasteiger partial charge < -0.3 is 9.88 Å². The zero-order valence-corrected chi connectivity index (χ0v) is 15.0. The molecule has 0 aliphatic carbocycles. The highest BCUT2D eigenvalue weighted by atomic mass is 35.5. The summed E-state index contributed by atoms with van der Waals surface area (Å²) in [6.45, 7) is 5.90. The van der Waals surface area contributed by atoms with Gasteiger partial charge in [-0.15, -0.1) is 10.2 Å². The molecule has 0 amide bonds. The number of nitrogens with zero attached hydrogens (tertiary/aromatic N) is 4. The van der Waals surface area contributed by atoms with Gasteiger partial charge in [0.15, 0.2) is 0 Å². The Bertz CT molecular complexity index is 722. The van der Waals surface area contributed by atoms with Crippen molar-refractivity contribution in [2.24, 2.45) is 0 Å². The van der Waals surface area contributed by atoms with Gasteiger partial charge in [0.05, 0.1) is 16.6 Å². The second-order valence-corrected chi connectivity index (χ2v) is 7.42. The Hall–Kier alpha value is -1.14. The Morgan fingerprint density at radius 3 is 2.71 bits per heavy atom. The molecule has 5 nitrogen and oxygen atoms in total. The van der Waals surface area contributed by atoms with E-state index >= 15 is 0 Å². The van der Waals surface area contributed by atoms with E-state index in [2.05, 4.69) is 31.0 Å². The number of hydrogen-bond donors (Lipinski definition) is 1. The van der Waals surface area contributed by atoms with Gasteiger partial charge in [-0.1, -0.05) is 29.3 Å². The summed E-state index contributed by atoms with van der Waals surface area (Å²) < 4.78 is 2.32. The van der Waals surface area contributed by atoms with E-state index in [1.165, 1.54) is 11.4 Å². The van der Waals surface area contributed by atoms with E-state index in [-0.39, 0.29) is 0 Å². The number of likely N-dealkylation sites (tertiary alicyclic amines) is 1. The molecule has 24 heavy (non-hydrogen) atoms. The first-order valence-corrected chi connectivity index (χ1v) is 9.25. The number of aromatic nitrogens is 3. The van der Waals surface area contributed by atoms with Crippen molar-refractivity contribution in [3.05, 3.63) is 45.5 Å². The van der Waals surface area contributed by atoms with E-state index < -0.39 is 0 Å². The molecule has 0 spiro atoms. The lowest BCUT2D eigenvalue weighted by molar-refractivity contribution is 0.199. The van der Waals surface area contributed by atoms with Gasteiger partial charge in [0, 0.05) is 25.6 Å². The van der Waals surface area contributed by atoms with Gasteiger partial charge in [0.1, 0.15) is 11.6 Å². The van der Waals surface area contributed by atoms with Crippen LogP contribution in [0.15, 0.2) is 18.2 Å². The third-order valence-corrected chi connectivity index (χ3v) is 5.73. The summed E-state index contributed by atoms with van der Waals surface area (Å²) in [4.78, 5) is 2.48. The Labute approximate surface area is 152 Å². The lowest BCUT2D eigenvalue weighted by Crippen LogP contribution is -2.34. The van der Waals surface area contributed by atoms with E-state index in [4.69, 9.17) is 23.2 Å². The number of rotatable bonds is 3. The summed E-state index contributed by atoms with van der Waals surface area (Å²) in [6.07, 6.45) is 2.26. The molecule has 1 aromatic heterocycles. The molecule has 1 N–H and O–H groups in total. The molecule has 3 heterocycles. The highest BCUT2D eigenvalue weighted by Gasteiger charge is 2.27. The summed E-state index contributed by atoms with van der Waals surface area (Å²) in [7, 11) is 0. The Balaban J connectivity index is 1.38. The van der Waals surface area contributed by atoms with Gasteiger partial charge in [-0.2, -0.15) is 0 Å². The van der Waals surface area contributed by atoms with Crippen molar-refractivity contribution in [3.63, 3.8) is 0 Å². The van der Waals surface area contributed by atoms with Crippen LogP contribution in [0.5, 0.6) is 0 Å². The highest BCUT2D eigenvalue weighted by molar-refractivity contribution is 6.42. The zero-order valence-electron chi connectivity index (χ0n) is 13.5. The van der Waals surface area contributed by atoms with E-state index in [0.29, 0.717) is 16.0 Å². The predicted octanol–water partition coefficient (Wildman–Crippen LogP) is 3.07. The molecule has 128 valence electrons. The number of hydrogen-bond acceptors (Lipinski definition) is 4. The maximum Gasteiger partial charge on any atom is 0.147 e. The second-order valence-electron chi connectivity index (χ2n) is 6.60. The largest absolute Gasteiger partial charge is 0.312 e. The third kappa shape index (κ3) is 3.31. The van der Waals surface area contributed by atoms with Crippen molar-refractivity contribution in [2.75, 3.05) is 19.6 Å². The van der Waals surface area contributed by atoms with Crippen molar-refractivity contribution in [1.29, 1.82) is 0 Å². The van der Waals surface area contributed by atoms with Gasteiger partial charge >= 0.3 is 0 Å². The number of benzene rings is 1. The van der Waals surface area contributed by atoms with Crippen LogP contribution < -0.4 is 5.32 Å². The molecule has 0 radical (unpaired) electrons. The quantitative estimate of drug-likeness (QED) is 0.907. The molecule has 1 fully saturated rings. The summed E-state index contributed by atoms with van der Waals surface area (Å²) in [6, 6.07) is 5.91. The third-order valence-electron chi connectivity index (χ3n) is 4.99. The lowest BCUT2D eigenvalue weighted by atomic mass is 9.95. The molecule has 0 bridgehead atoms. The van der Waals surface area contributed by atoms with Crippen LogP contribution in [0, 0.1) is 0 Å². The van der Waals surface area contributed by atoms with Crippen LogP contribution in [0.3, 0.4) is 0 Å². The molecule has 2 aliphatic heterocycles. The van der Waals surface area contributed by atoms with Crippen molar-refractivity contribution in [3.8, 4) is 0 Å². The van der Waals surface area contributed by atoms with Crippen LogP contribution >= 0.6 is 23.2 Å². The average Bonchev–Trinajstić information content (AvgIpc) is 3.03. The van der Waals surface area contributed by atoms with Crippen molar-refractivity contribution >= 4 is 23.2 Å². The van der Waals surface area contributed by atoms with Crippen LogP contribution in [0.1, 0.15) is 36.0 Å². The summed E-state index contributed by atoms with van der Waals surface area (Å²) in [5.74, 6) is 2.78. The van der Waals surface area contributed by atoms with Gasteiger partial charge in [-0.25, -0.2) is 0 Å². The first-order valence-electron chi connectivity index (χ1n) is 8.49.